The maximum atomic E-state index is 13.6. The fraction of sp³-hybridized carbons (Fsp3) is 0.438. The van der Waals surface area contributed by atoms with Crippen LogP contribution in [0.5, 0.6) is 11.5 Å². The molecule has 0 aliphatic carbocycles. The summed E-state index contributed by atoms with van der Waals surface area (Å²) in [4.78, 5) is 19.8. The van der Waals surface area contributed by atoms with Crippen molar-refractivity contribution in [3.05, 3.63) is 83.4 Å². The first kappa shape index (κ1) is 28.1. The molecular formula is C32H38FN6O3+. The Morgan fingerprint density at radius 3 is 2.88 bits per heavy atom. The number of nitrogens with one attached hydrogen (secondary N) is 2. The summed E-state index contributed by atoms with van der Waals surface area (Å²) in [6.45, 7) is 5.36. The first-order chi connectivity index (χ1) is 20.6. The van der Waals surface area contributed by atoms with Gasteiger partial charge in [0.25, 0.3) is 12.1 Å². The van der Waals surface area contributed by atoms with Crippen molar-refractivity contribution in [3.63, 3.8) is 0 Å². The average Bonchev–Trinajstić information content (AvgIpc) is 3.50. The lowest BCUT2D eigenvalue weighted by Gasteiger charge is -2.22. The number of nitrogens with zero attached hydrogens (tertiary/aromatic N) is 4. The van der Waals surface area contributed by atoms with E-state index in [9.17, 15) is 9.18 Å². The maximum Gasteiger partial charge on any atom is 0.253 e. The van der Waals surface area contributed by atoms with Crippen LogP contribution in [0.1, 0.15) is 72.7 Å². The van der Waals surface area contributed by atoms with Crippen LogP contribution in [-0.4, -0.2) is 59.5 Å². The second kappa shape index (κ2) is 12.9. The number of ether oxygens (including phenoxy) is 2. The van der Waals surface area contributed by atoms with Crippen molar-refractivity contribution in [2.45, 2.75) is 57.4 Å². The quantitative estimate of drug-likeness (QED) is 0.227. The summed E-state index contributed by atoms with van der Waals surface area (Å²) in [5.41, 5.74) is 3.23. The summed E-state index contributed by atoms with van der Waals surface area (Å²) < 4.78 is 27.4. The minimum absolute atomic E-state index is 0.0360. The molecule has 4 heterocycles. The van der Waals surface area contributed by atoms with Gasteiger partial charge in [0.15, 0.2) is 12.7 Å². The van der Waals surface area contributed by atoms with Crippen molar-refractivity contribution in [3.8, 4) is 11.5 Å². The molecule has 10 heteroatoms. The lowest BCUT2D eigenvalue weighted by Crippen LogP contribution is -2.44. The highest BCUT2D eigenvalue weighted by Crippen LogP contribution is 2.38. The summed E-state index contributed by atoms with van der Waals surface area (Å²) in [5, 5.41) is 11.8. The van der Waals surface area contributed by atoms with Gasteiger partial charge in [-0.1, -0.05) is 38.3 Å². The van der Waals surface area contributed by atoms with Gasteiger partial charge in [-0.25, -0.2) is 9.29 Å². The molecule has 3 aliphatic heterocycles. The third kappa shape index (κ3) is 6.09. The number of hydrogen-bond acceptors (Lipinski definition) is 7. The smallest absolute Gasteiger partial charge is 0.253 e. The Balaban J connectivity index is 1.14. The number of pyridine rings is 1. The van der Waals surface area contributed by atoms with Crippen LogP contribution in [0.4, 0.5) is 10.1 Å². The van der Waals surface area contributed by atoms with E-state index in [-0.39, 0.29) is 36.7 Å². The topological polar surface area (TPSA) is 91.1 Å². The van der Waals surface area contributed by atoms with E-state index in [0.717, 1.165) is 42.1 Å². The molecule has 2 unspecified atom stereocenters. The van der Waals surface area contributed by atoms with Gasteiger partial charge in [-0.05, 0) is 41.9 Å². The zero-order valence-corrected chi connectivity index (χ0v) is 24.0. The van der Waals surface area contributed by atoms with E-state index in [1.165, 1.54) is 37.8 Å². The minimum Gasteiger partial charge on any atom is -0.491 e. The molecular weight excluding hydrogens is 535 g/mol. The van der Waals surface area contributed by atoms with Gasteiger partial charge in [0.2, 0.25) is 0 Å². The number of halogens is 1. The van der Waals surface area contributed by atoms with Crippen molar-refractivity contribution >= 4 is 11.6 Å². The SMILES string of the molecule is CCCCCCC[N+]1=NC2c3ccncc3OCCN2C1CNc1cccc(C(=O)N[C@H]2COc3cc(F)ccc32)c1. The zero-order valence-electron chi connectivity index (χ0n) is 24.0. The number of amides is 1. The molecule has 3 atom stereocenters. The van der Waals surface area contributed by atoms with Gasteiger partial charge in [-0.15, -0.1) is 4.70 Å². The van der Waals surface area contributed by atoms with E-state index < -0.39 is 0 Å². The van der Waals surface area contributed by atoms with Gasteiger partial charge in [0, 0.05) is 47.6 Å². The number of benzene rings is 2. The lowest BCUT2D eigenvalue weighted by atomic mass is 10.1. The Morgan fingerprint density at radius 1 is 1.07 bits per heavy atom. The molecule has 9 nitrogen and oxygen atoms in total. The Morgan fingerprint density at radius 2 is 1.98 bits per heavy atom. The second-order valence-electron chi connectivity index (χ2n) is 11.0. The normalized spacial score (nSPS) is 20.8. The number of carbonyl (C=O) groups is 1. The number of anilines is 1. The average molecular weight is 574 g/mol. The molecule has 1 aromatic heterocycles. The summed E-state index contributed by atoms with van der Waals surface area (Å²) in [7, 11) is 0. The number of carbonyl (C=O) groups excluding carboxylic acids is 1. The number of rotatable bonds is 11. The Hall–Kier alpha value is -4.05. The van der Waals surface area contributed by atoms with Gasteiger partial charge in [0.1, 0.15) is 30.5 Å². The van der Waals surface area contributed by atoms with E-state index in [2.05, 4.69) is 32.1 Å². The number of fused-ring (bicyclic) bond motifs is 4. The molecule has 6 rings (SSSR count). The number of unbranched alkanes of at least 4 members (excludes halogenated alkanes) is 4. The molecule has 0 saturated carbocycles. The summed E-state index contributed by atoms with van der Waals surface area (Å²) >= 11 is 0. The third-order valence-electron chi connectivity index (χ3n) is 8.17. The predicted molar refractivity (Wildman–Crippen MR) is 156 cm³/mol. The highest BCUT2D eigenvalue weighted by atomic mass is 19.1. The molecule has 0 fully saturated rings. The first-order valence-electron chi connectivity index (χ1n) is 15.0. The fourth-order valence-electron chi connectivity index (χ4n) is 5.95. The monoisotopic (exact) mass is 573 g/mol. The Bertz CT molecular complexity index is 1450. The van der Waals surface area contributed by atoms with E-state index in [0.29, 0.717) is 24.5 Å². The molecule has 2 N–H and O–H groups in total. The van der Waals surface area contributed by atoms with Crippen molar-refractivity contribution in [2.75, 3.05) is 38.2 Å². The summed E-state index contributed by atoms with van der Waals surface area (Å²) in [5.74, 6) is 0.710. The van der Waals surface area contributed by atoms with Gasteiger partial charge in [0.05, 0.1) is 18.8 Å². The van der Waals surface area contributed by atoms with Crippen LogP contribution in [-0.2, 0) is 0 Å². The van der Waals surface area contributed by atoms with Crippen LogP contribution in [0, 0.1) is 5.82 Å². The number of hydrogen-bond donors (Lipinski definition) is 2. The van der Waals surface area contributed by atoms with E-state index >= 15 is 0 Å². The standard InChI is InChI=1S/C32H37FN6O3/c1-2-3-4-5-6-14-39-30(38-15-16-41-29-19-34-13-12-26(29)31(38)37-39)20-35-24-9-7-8-22(17-24)32(40)36-27-21-42-28-18-23(33)10-11-25(27)28/h7-13,17-19,27,30-31,35H,2-6,14-16,20-21H2,1H3/p+1/t27-,30?,31?/m0/s1. The van der Waals surface area contributed by atoms with Crippen LogP contribution < -0.4 is 20.1 Å². The van der Waals surface area contributed by atoms with E-state index in [4.69, 9.17) is 14.6 Å². The molecule has 0 saturated heterocycles. The Labute approximate surface area is 245 Å². The molecule has 0 spiro atoms. The van der Waals surface area contributed by atoms with Gasteiger partial charge >= 0.3 is 0 Å². The van der Waals surface area contributed by atoms with Crippen LogP contribution in [0.2, 0.25) is 0 Å². The zero-order chi connectivity index (χ0) is 28.9. The molecule has 3 aromatic rings. The number of azo groups is 2. The van der Waals surface area contributed by atoms with Gasteiger partial charge in [-0.2, -0.15) is 0 Å². The van der Waals surface area contributed by atoms with Crippen LogP contribution in [0.25, 0.3) is 0 Å². The molecule has 1 amide bonds. The first-order valence-corrected chi connectivity index (χ1v) is 15.0. The van der Waals surface area contributed by atoms with Crippen molar-refractivity contribution < 1.29 is 23.4 Å². The molecule has 0 bridgehead atoms. The summed E-state index contributed by atoms with van der Waals surface area (Å²) in [6, 6.07) is 13.6. The second-order valence-corrected chi connectivity index (χ2v) is 11.0. The third-order valence-corrected chi connectivity index (χ3v) is 8.17. The highest BCUT2D eigenvalue weighted by molar-refractivity contribution is 5.95. The Kier molecular flexibility index (Phi) is 8.60. The fourth-order valence-corrected chi connectivity index (χ4v) is 5.95. The molecule has 220 valence electrons. The van der Waals surface area contributed by atoms with Crippen molar-refractivity contribution in [1.82, 2.24) is 15.2 Å². The number of aromatic nitrogens is 1. The highest BCUT2D eigenvalue weighted by Gasteiger charge is 2.45. The van der Waals surface area contributed by atoms with Crippen LogP contribution in [0.15, 0.2) is 66.0 Å². The molecule has 3 aliphatic rings. The lowest BCUT2D eigenvalue weighted by molar-refractivity contribution is -0.625. The van der Waals surface area contributed by atoms with E-state index in [1.54, 1.807) is 24.5 Å². The van der Waals surface area contributed by atoms with Crippen LogP contribution in [0.3, 0.4) is 0 Å². The largest absolute Gasteiger partial charge is 0.491 e. The molecule has 0 radical (unpaired) electrons. The molecule has 2 aromatic carbocycles. The van der Waals surface area contributed by atoms with Crippen molar-refractivity contribution in [2.24, 2.45) is 5.11 Å². The maximum absolute atomic E-state index is 13.6. The van der Waals surface area contributed by atoms with Gasteiger partial charge < -0.3 is 20.1 Å². The van der Waals surface area contributed by atoms with Crippen LogP contribution >= 0.6 is 0 Å². The summed E-state index contributed by atoms with van der Waals surface area (Å²) in [6.07, 6.45) is 9.51. The van der Waals surface area contributed by atoms with Gasteiger partial charge in [-0.3, -0.25) is 9.78 Å². The molecule has 42 heavy (non-hydrogen) atoms. The van der Waals surface area contributed by atoms with Crippen molar-refractivity contribution in [1.29, 1.82) is 0 Å². The van der Waals surface area contributed by atoms with E-state index in [1.807, 2.05) is 24.3 Å². The minimum atomic E-state index is -0.357. The predicted octanol–water partition coefficient (Wildman–Crippen LogP) is 5.66.